The quantitative estimate of drug-likeness (QED) is 0.356. The van der Waals surface area contributed by atoms with Crippen LogP contribution in [0, 0.1) is 11.8 Å². The number of ether oxygens (including phenoxy) is 1. The number of thioether (sulfide) groups is 1. The molecule has 4 aromatic heterocycles. The minimum absolute atomic E-state index is 0.154. The third-order valence-corrected chi connectivity index (χ3v) is 8.70. The van der Waals surface area contributed by atoms with E-state index in [-0.39, 0.29) is 11.2 Å². The smallest absolute Gasteiger partial charge is 0.377 e. The summed E-state index contributed by atoms with van der Waals surface area (Å²) in [6.07, 6.45) is 10.3. The molecule has 10 nitrogen and oxygen atoms in total. The Balaban J connectivity index is 1.58. The Morgan fingerprint density at radius 2 is 2.03 bits per heavy atom. The fourth-order valence-electron chi connectivity index (χ4n) is 5.52. The van der Waals surface area contributed by atoms with Crippen molar-refractivity contribution in [2.24, 2.45) is 11.8 Å². The molecule has 1 unspecified atom stereocenters. The third kappa shape index (κ3) is 4.94. The van der Waals surface area contributed by atoms with Crippen LogP contribution in [0.15, 0.2) is 33.8 Å². The van der Waals surface area contributed by atoms with Crippen LogP contribution in [0.4, 0.5) is 5.95 Å². The molecule has 4 aromatic rings. The molecule has 6 rings (SSSR count). The predicted molar refractivity (Wildman–Crippen MR) is 148 cm³/mol. The molecular formula is C26H30ClN7O3S. The molecule has 38 heavy (non-hydrogen) atoms. The summed E-state index contributed by atoms with van der Waals surface area (Å²) in [6, 6.07) is 3.71. The number of aromatic amines is 1. The second kappa shape index (κ2) is 10.7. The average molecular weight is 556 g/mol. The molecule has 1 atom stereocenters. The van der Waals surface area contributed by atoms with Crippen molar-refractivity contribution >= 4 is 40.3 Å². The van der Waals surface area contributed by atoms with E-state index in [1.807, 2.05) is 12.1 Å². The number of morpholine rings is 1. The van der Waals surface area contributed by atoms with E-state index in [1.165, 1.54) is 25.7 Å². The molecule has 2 aliphatic rings. The normalized spacial score (nSPS) is 22.3. The van der Waals surface area contributed by atoms with Crippen LogP contribution in [0.1, 0.15) is 32.6 Å². The Hall–Kier alpha value is -2.89. The van der Waals surface area contributed by atoms with Crippen LogP contribution in [-0.4, -0.2) is 61.0 Å². The van der Waals surface area contributed by atoms with Crippen LogP contribution < -0.4 is 10.7 Å². The molecule has 5 heterocycles. The van der Waals surface area contributed by atoms with Crippen molar-refractivity contribution in [3.63, 3.8) is 0 Å². The van der Waals surface area contributed by atoms with Crippen molar-refractivity contribution in [3.05, 3.63) is 40.1 Å². The minimum atomic E-state index is -0.637. The van der Waals surface area contributed by atoms with Crippen LogP contribution in [0.3, 0.4) is 0 Å². The highest BCUT2D eigenvalue weighted by Gasteiger charge is 2.31. The molecule has 1 aliphatic heterocycles. The summed E-state index contributed by atoms with van der Waals surface area (Å²) in [7, 11) is 0. The molecule has 12 heteroatoms. The van der Waals surface area contributed by atoms with Crippen LogP contribution >= 0.6 is 23.4 Å². The van der Waals surface area contributed by atoms with Gasteiger partial charge in [-0.25, -0.2) is 14.8 Å². The maximum absolute atomic E-state index is 11.7. The lowest BCUT2D eigenvalue weighted by molar-refractivity contribution is 0.114. The second-order valence-electron chi connectivity index (χ2n) is 10.2. The molecule has 1 N–H and O–H groups in total. The molecule has 200 valence electrons. The topological polar surface area (TPSA) is 115 Å². The Bertz CT molecular complexity index is 1490. The second-order valence-corrected chi connectivity index (χ2v) is 11.6. The summed E-state index contributed by atoms with van der Waals surface area (Å²) in [4.78, 5) is 31.2. The maximum atomic E-state index is 11.7. The van der Waals surface area contributed by atoms with Crippen LogP contribution in [0.2, 0.25) is 5.02 Å². The van der Waals surface area contributed by atoms with Gasteiger partial charge in [0.1, 0.15) is 11.1 Å². The highest BCUT2D eigenvalue weighted by atomic mass is 35.5. The van der Waals surface area contributed by atoms with Crippen molar-refractivity contribution in [2.75, 3.05) is 30.9 Å². The zero-order valence-corrected chi connectivity index (χ0v) is 23.0. The monoisotopic (exact) mass is 555 g/mol. The number of aromatic nitrogens is 6. The van der Waals surface area contributed by atoms with Gasteiger partial charge < -0.3 is 14.2 Å². The van der Waals surface area contributed by atoms with Gasteiger partial charge in [0.15, 0.2) is 0 Å². The van der Waals surface area contributed by atoms with Gasteiger partial charge in [-0.2, -0.15) is 0 Å². The highest BCUT2D eigenvalue weighted by molar-refractivity contribution is 7.99. The van der Waals surface area contributed by atoms with E-state index < -0.39 is 5.76 Å². The summed E-state index contributed by atoms with van der Waals surface area (Å²) in [5.41, 5.74) is 3.60. The molecule has 0 spiro atoms. The van der Waals surface area contributed by atoms with E-state index in [2.05, 4.69) is 37.8 Å². The van der Waals surface area contributed by atoms with E-state index in [0.717, 1.165) is 41.6 Å². The number of nitrogens with zero attached hydrogens (tertiary/aromatic N) is 6. The fourth-order valence-corrected chi connectivity index (χ4v) is 6.38. The lowest BCUT2D eigenvalue weighted by Crippen LogP contribution is -2.45. The first-order valence-corrected chi connectivity index (χ1v) is 14.6. The minimum Gasteiger partial charge on any atom is -0.377 e. The number of H-pyrrole nitrogens is 1. The standard InChI is InChI=1S/C26H30ClN7O3S/c1-15-3-5-16(6-4-15)13-34-23-19(30-25(34)33-7-8-36-14-21(33)38-2)10-20(24-31-26(35)37-32-24)29-22(23)17-9-18(27)12-28-11-17/h9-12,15-16,21H,3-8,13-14H2,1-2H3,(H,31,32,35). The lowest BCUT2D eigenvalue weighted by atomic mass is 9.83. The van der Waals surface area contributed by atoms with Crippen LogP contribution in [0.5, 0.6) is 0 Å². The average Bonchev–Trinajstić information content (AvgIpc) is 3.53. The van der Waals surface area contributed by atoms with E-state index in [9.17, 15) is 4.79 Å². The van der Waals surface area contributed by atoms with E-state index in [1.54, 1.807) is 24.2 Å². The van der Waals surface area contributed by atoms with Crippen molar-refractivity contribution in [1.82, 2.24) is 29.7 Å². The highest BCUT2D eigenvalue weighted by Crippen LogP contribution is 2.38. The Kier molecular flexibility index (Phi) is 7.15. The zero-order chi connectivity index (χ0) is 26.2. The van der Waals surface area contributed by atoms with E-state index >= 15 is 0 Å². The zero-order valence-electron chi connectivity index (χ0n) is 21.4. The van der Waals surface area contributed by atoms with Gasteiger partial charge in [-0.05, 0) is 43.1 Å². The molecule has 2 fully saturated rings. The number of hydrogen-bond donors (Lipinski definition) is 1. The van der Waals surface area contributed by atoms with Crippen LogP contribution in [0.25, 0.3) is 33.8 Å². The molecule has 1 saturated heterocycles. The molecule has 0 aromatic carbocycles. The van der Waals surface area contributed by atoms with Crippen molar-refractivity contribution in [1.29, 1.82) is 0 Å². The predicted octanol–water partition coefficient (Wildman–Crippen LogP) is 4.84. The largest absolute Gasteiger partial charge is 0.439 e. The van der Waals surface area contributed by atoms with Crippen molar-refractivity contribution in [3.8, 4) is 22.8 Å². The van der Waals surface area contributed by atoms with Gasteiger partial charge in [0, 0.05) is 31.0 Å². The molecule has 1 saturated carbocycles. The SMILES string of the molecule is CSC1COCCN1c1nc2cc(-c3noc(=O)[nH]3)nc(-c3cncc(Cl)c3)c2n1CC1CCC(C)CC1. The van der Waals surface area contributed by atoms with Gasteiger partial charge in [-0.1, -0.05) is 36.5 Å². The van der Waals surface area contributed by atoms with Gasteiger partial charge in [-0.3, -0.25) is 14.5 Å². The number of anilines is 1. The number of fused-ring (bicyclic) bond motifs is 1. The third-order valence-electron chi connectivity index (χ3n) is 7.56. The molecule has 0 amide bonds. The summed E-state index contributed by atoms with van der Waals surface area (Å²) in [5, 5.41) is 4.55. The summed E-state index contributed by atoms with van der Waals surface area (Å²) < 4.78 is 12.9. The number of nitrogens with one attached hydrogen (secondary N) is 1. The Morgan fingerprint density at radius 1 is 1.18 bits per heavy atom. The number of pyridine rings is 2. The first-order chi connectivity index (χ1) is 18.5. The van der Waals surface area contributed by atoms with E-state index in [0.29, 0.717) is 35.5 Å². The molecule has 0 bridgehead atoms. The van der Waals surface area contributed by atoms with Gasteiger partial charge in [0.25, 0.3) is 0 Å². The van der Waals surface area contributed by atoms with Crippen molar-refractivity contribution < 1.29 is 9.26 Å². The molecule has 1 aliphatic carbocycles. The number of imidazole rings is 1. The Labute approximate surface area is 229 Å². The first kappa shape index (κ1) is 25.4. The van der Waals surface area contributed by atoms with Gasteiger partial charge >= 0.3 is 5.76 Å². The number of rotatable bonds is 6. The lowest BCUT2D eigenvalue weighted by Gasteiger charge is -2.36. The van der Waals surface area contributed by atoms with E-state index in [4.69, 9.17) is 30.8 Å². The summed E-state index contributed by atoms with van der Waals surface area (Å²) in [5.74, 6) is 1.84. The fraction of sp³-hybridized carbons (Fsp3) is 0.500. The van der Waals surface area contributed by atoms with Gasteiger partial charge in [0.2, 0.25) is 11.8 Å². The summed E-state index contributed by atoms with van der Waals surface area (Å²) in [6.45, 7) is 5.23. The molecular weight excluding hydrogens is 526 g/mol. The van der Waals surface area contributed by atoms with Gasteiger partial charge in [0.05, 0.1) is 35.0 Å². The molecule has 0 radical (unpaired) electrons. The van der Waals surface area contributed by atoms with Gasteiger partial charge in [-0.15, -0.1) is 11.8 Å². The number of hydrogen-bond acceptors (Lipinski definition) is 9. The first-order valence-electron chi connectivity index (χ1n) is 13.0. The van der Waals surface area contributed by atoms with Crippen LogP contribution in [-0.2, 0) is 11.3 Å². The number of halogens is 1. The van der Waals surface area contributed by atoms with Crippen molar-refractivity contribution in [2.45, 2.75) is 44.5 Å². The summed E-state index contributed by atoms with van der Waals surface area (Å²) >= 11 is 8.13. The Morgan fingerprint density at radius 3 is 2.76 bits per heavy atom. The maximum Gasteiger partial charge on any atom is 0.439 e.